The van der Waals surface area contributed by atoms with Crippen molar-refractivity contribution >= 4 is 6.21 Å². The molecule has 0 aliphatic heterocycles. The van der Waals surface area contributed by atoms with E-state index in [1.807, 2.05) is 0 Å². The van der Waals surface area contributed by atoms with Crippen molar-refractivity contribution in [1.29, 1.82) is 0 Å². The molecule has 0 aromatic carbocycles. The fourth-order valence-corrected chi connectivity index (χ4v) is 0.506. The molecule has 3 nitrogen and oxygen atoms in total. The molecule has 0 saturated heterocycles. The second-order valence-electron chi connectivity index (χ2n) is 1.49. The van der Waals surface area contributed by atoms with Gasteiger partial charge < -0.3 is 0 Å². The number of nitrogens with zero attached hydrogens (tertiary/aromatic N) is 2. The largest absolute Gasteiger partial charge is 0.255 e. The van der Waals surface area contributed by atoms with E-state index in [0.29, 0.717) is 5.69 Å². The third-order valence-corrected chi connectivity index (χ3v) is 0.873. The fourth-order valence-electron chi connectivity index (χ4n) is 0.506. The Morgan fingerprint density at radius 3 is 3.00 bits per heavy atom. The standard InChI is InChI=1S/C6H5N2O/c9-8-5-6-3-1-2-4-7-6/h1-5H. The predicted molar refractivity (Wildman–Crippen MR) is 32.5 cm³/mol. The van der Waals surface area contributed by atoms with Gasteiger partial charge in [0.1, 0.15) is 0 Å². The van der Waals surface area contributed by atoms with Gasteiger partial charge in [-0.2, -0.15) is 0 Å². The van der Waals surface area contributed by atoms with Crippen molar-refractivity contribution in [2.24, 2.45) is 5.16 Å². The van der Waals surface area contributed by atoms with Gasteiger partial charge in [-0.25, -0.2) is 0 Å². The van der Waals surface area contributed by atoms with Crippen molar-refractivity contribution in [2.75, 3.05) is 0 Å². The summed E-state index contributed by atoms with van der Waals surface area (Å²) in [5.74, 6) is 0. The number of rotatable bonds is 1. The molecule has 0 aliphatic carbocycles. The Balaban J connectivity index is 2.85. The van der Waals surface area contributed by atoms with Gasteiger partial charge in [0, 0.05) is 6.20 Å². The van der Waals surface area contributed by atoms with Gasteiger partial charge in [-0.1, -0.05) is 6.07 Å². The van der Waals surface area contributed by atoms with E-state index in [-0.39, 0.29) is 0 Å². The molecule has 0 unspecified atom stereocenters. The van der Waals surface area contributed by atoms with Gasteiger partial charge in [0.15, 0.2) is 0 Å². The molecule has 0 saturated carbocycles. The van der Waals surface area contributed by atoms with Crippen LogP contribution >= 0.6 is 0 Å². The van der Waals surface area contributed by atoms with Crippen LogP contribution < -0.4 is 0 Å². The molecule has 1 aromatic rings. The van der Waals surface area contributed by atoms with Crippen molar-refractivity contribution in [2.45, 2.75) is 0 Å². The van der Waals surface area contributed by atoms with E-state index in [1.165, 1.54) is 6.21 Å². The lowest BCUT2D eigenvalue weighted by Crippen LogP contribution is -1.82. The molecule has 0 N–H and O–H groups in total. The summed E-state index contributed by atoms with van der Waals surface area (Å²) in [6.45, 7) is 0. The summed E-state index contributed by atoms with van der Waals surface area (Å²) in [6, 6.07) is 5.29. The van der Waals surface area contributed by atoms with E-state index < -0.39 is 0 Å². The van der Waals surface area contributed by atoms with Crippen LogP contribution in [0.3, 0.4) is 0 Å². The highest BCUT2D eigenvalue weighted by molar-refractivity contribution is 5.75. The molecular weight excluding hydrogens is 116 g/mol. The molecule has 0 atom stereocenters. The zero-order chi connectivity index (χ0) is 6.53. The summed E-state index contributed by atoms with van der Waals surface area (Å²) in [6.07, 6.45) is 2.77. The van der Waals surface area contributed by atoms with Crippen molar-refractivity contribution in [3.8, 4) is 0 Å². The van der Waals surface area contributed by atoms with Gasteiger partial charge in [0.2, 0.25) is 0 Å². The van der Waals surface area contributed by atoms with Crippen LogP contribution in [0.15, 0.2) is 29.6 Å². The van der Waals surface area contributed by atoms with E-state index in [1.54, 1.807) is 24.4 Å². The van der Waals surface area contributed by atoms with Gasteiger partial charge >= 0.3 is 0 Å². The topological polar surface area (TPSA) is 45.1 Å². The summed E-state index contributed by atoms with van der Waals surface area (Å²) < 4.78 is 0. The Kier molecular flexibility index (Phi) is 1.80. The highest BCUT2D eigenvalue weighted by atomic mass is 16.4. The maximum Gasteiger partial charge on any atom is 0.0971 e. The Morgan fingerprint density at radius 2 is 2.44 bits per heavy atom. The van der Waals surface area contributed by atoms with Crippen molar-refractivity contribution < 1.29 is 5.21 Å². The first-order valence-corrected chi connectivity index (χ1v) is 2.50. The lowest BCUT2D eigenvalue weighted by Gasteiger charge is -1.83. The number of hydrogen-bond donors (Lipinski definition) is 0. The van der Waals surface area contributed by atoms with E-state index in [0.717, 1.165) is 0 Å². The number of aromatic nitrogens is 1. The minimum absolute atomic E-state index is 0.590. The molecule has 0 bridgehead atoms. The third kappa shape index (κ3) is 1.53. The SMILES string of the molecule is [O]N=Cc1ccccn1. The highest BCUT2D eigenvalue weighted by Gasteiger charge is 1.82. The molecule has 0 aliphatic rings. The maximum absolute atomic E-state index is 9.63. The van der Waals surface area contributed by atoms with E-state index >= 15 is 0 Å². The van der Waals surface area contributed by atoms with Crippen LogP contribution in [0.1, 0.15) is 5.69 Å². The molecule has 9 heavy (non-hydrogen) atoms. The molecule has 3 heteroatoms. The first kappa shape index (κ1) is 5.75. The molecule has 0 amide bonds. The van der Waals surface area contributed by atoms with E-state index in [2.05, 4.69) is 10.1 Å². The summed E-state index contributed by atoms with van der Waals surface area (Å²) in [5.41, 5.74) is 0.590. The summed E-state index contributed by atoms with van der Waals surface area (Å²) >= 11 is 0. The van der Waals surface area contributed by atoms with Crippen molar-refractivity contribution in [1.82, 2.24) is 4.98 Å². The number of hydrogen-bond acceptors (Lipinski definition) is 2. The lowest BCUT2D eigenvalue weighted by molar-refractivity contribution is 0.211. The van der Waals surface area contributed by atoms with Crippen LogP contribution in [-0.2, 0) is 5.21 Å². The summed E-state index contributed by atoms with van der Waals surface area (Å²) in [7, 11) is 0. The van der Waals surface area contributed by atoms with Crippen LogP contribution in [-0.4, -0.2) is 11.2 Å². The van der Waals surface area contributed by atoms with E-state index in [4.69, 9.17) is 0 Å². The van der Waals surface area contributed by atoms with Crippen LogP contribution in [0.2, 0.25) is 0 Å². The first-order valence-electron chi connectivity index (χ1n) is 2.50. The smallest absolute Gasteiger partial charge is 0.0971 e. The quantitative estimate of drug-likeness (QED) is 0.401. The van der Waals surface area contributed by atoms with Gasteiger partial charge in [-0.3, -0.25) is 4.98 Å². The Bertz CT molecular complexity index is 195. The average molecular weight is 121 g/mol. The van der Waals surface area contributed by atoms with Crippen LogP contribution in [0, 0.1) is 0 Å². The Hall–Kier alpha value is -1.38. The first-order chi connectivity index (χ1) is 4.43. The van der Waals surface area contributed by atoms with Gasteiger partial charge in [-0.05, 0) is 17.3 Å². The minimum atomic E-state index is 0.590. The van der Waals surface area contributed by atoms with Gasteiger partial charge in [0.25, 0.3) is 0 Å². The van der Waals surface area contributed by atoms with Crippen molar-refractivity contribution in [3.63, 3.8) is 0 Å². The second-order valence-corrected chi connectivity index (χ2v) is 1.49. The predicted octanol–water partition coefficient (Wildman–Crippen LogP) is 0.846. The molecular formula is C6H5N2O. The van der Waals surface area contributed by atoms with Crippen LogP contribution in [0.4, 0.5) is 0 Å². The zero-order valence-corrected chi connectivity index (χ0v) is 4.69. The van der Waals surface area contributed by atoms with E-state index in [9.17, 15) is 5.21 Å². The molecule has 1 rings (SSSR count). The average Bonchev–Trinajstić information content (AvgIpc) is 1.91. The molecule has 1 radical (unpaired) electrons. The summed E-state index contributed by atoms with van der Waals surface area (Å²) in [5, 5.41) is 12.2. The van der Waals surface area contributed by atoms with Gasteiger partial charge in [-0.15, -0.1) is 5.21 Å². The third-order valence-electron chi connectivity index (χ3n) is 0.873. The normalized spacial score (nSPS) is 10.2. The maximum atomic E-state index is 9.63. The monoisotopic (exact) mass is 121 g/mol. The molecule has 1 aromatic heterocycles. The highest BCUT2D eigenvalue weighted by Crippen LogP contribution is 1.86. The lowest BCUT2D eigenvalue weighted by atomic mass is 10.4. The minimum Gasteiger partial charge on any atom is -0.255 e. The van der Waals surface area contributed by atoms with Crippen molar-refractivity contribution in [3.05, 3.63) is 30.1 Å². The molecule has 1 heterocycles. The van der Waals surface area contributed by atoms with Gasteiger partial charge in [0.05, 0.1) is 11.9 Å². The zero-order valence-electron chi connectivity index (χ0n) is 4.69. The fraction of sp³-hybridized carbons (Fsp3) is 0. The molecule has 0 fully saturated rings. The second kappa shape index (κ2) is 2.81. The Morgan fingerprint density at radius 1 is 1.56 bits per heavy atom. The van der Waals surface area contributed by atoms with Crippen LogP contribution in [0.25, 0.3) is 0 Å². The summed E-state index contributed by atoms with van der Waals surface area (Å²) in [4.78, 5) is 3.82. The van der Waals surface area contributed by atoms with Crippen LogP contribution in [0.5, 0.6) is 0 Å². The molecule has 45 valence electrons. The number of pyridine rings is 1. The Labute approximate surface area is 52.7 Å². The molecule has 0 spiro atoms.